The van der Waals surface area contributed by atoms with Gasteiger partial charge in [-0.25, -0.2) is 0 Å². The van der Waals surface area contributed by atoms with Gasteiger partial charge in [0.1, 0.15) is 0 Å². The van der Waals surface area contributed by atoms with Gasteiger partial charge in [-0.2, -0.15) is 0 Å². The lowest BCUT2D eigenvalue weighted by molar-refractivity contribution is -0.155. The number of rotatable bonds is 3. The van der Waals surface area contributed by atoms with Crippen molar-refractivity contribution in [1.82, 2.24) is 10.2 Å². The van der Waals surface area contributed by atoms with E-state index in [2.05, 4.69) is 21.2 Å². The van der Waals surface area contributed by atoms with E-state index < -0.39 is 35.1 Å². The first-order valence-corrected chi connectivity index (χ1v) is 9.29. The van der Waals surface area contributed by atoms with Gasteiger partial charge in [0.2, 0.25) is 5.91 Å². The lowest BCUT2D eigenvalue weighted by atomic mass is 9.79. The molecule has 2 aromatic rings. The Bertz CT molecular complexity index is 1020. The third-order valence-corrected chi connectivity index (χ3v) is 5.72. The van der Waals surface area contributed by atoms with Gasteiger partial charge >= 0.3 is 5.97 Å². The summed E-state index contributed by atoms with van der Waals surface area (Å²) in [5.74, 6) is -4.25. The number of benzene rings is 2. The average Bonchev–Trinajstić information content (AvgIpc) is 3.09. The minimum Gasteiger partial charge on any atom is -0.468 e. The molecule has 8 heteroatoms. The highest BCUT2D eigenvalue weighted by molar-refractivity contribution is 9.10. The minimum absolute atomic E-state index is 0.0506. The molecule has 4 rings (SSSR count). The molecule has 0 saturated carbocycles. The van der Waals surface area contributed by atoms with E-state index in [-0.39, 0.29) is 6.54 Å². The molecule has 1 N–H and O–H groups in total. The van der Waals surface area contributed by atoms with Crippen molar-refractivity contribution in [3.8, 4) is 0 Å². The van der Waals surface area contributed by atoms with Crippen LogP contribution in [0.1, 0.15) is 21.5 Å². The molecule has 2 atom stereocenters. The molecular weight excluding hydrogens is 428 g/mol. The van der Waals surface area contributed by atoms with Gasteiger partial charge in [-0.15, -0.1) is 0 Å². The Hall–Kier alpha value is -3.00. The molecule has 2 aromatic carbocycles. The normalized spacial score (nSPS) is 23.1. The summed E-state index contributed by atoms with van der Waals surface area (Å²) in [6.45, 7) is 0.0506. The maximum Gasteiger partial charge on any atom is 0.321 e. The summed E-state index contributed by atoms with van der Waals surface area (Å²) in [6, 6.07) is 13.8. The van der Waals surface area contributed by atoms with Crippen molar-refractivity contribution in [2.75, 3.05) is 7.11 Å². The van der Waals surface area contributed by atoms with Gasteiger partial charge in [0.05, 0.1) is 7.11 Å². The quantitative estimate of drug-likeness (QED) is 0.444. The molecule has 142 valence electrons. The second-order valence-electron chi connectivity index (χ2n) is 6.60. The van der Waals surface area contributed by atoms with Crippen LogP contribution in [0.3, 0.4) is 0 Å². The Labute approximate surface area is 168 Å². The summed E-state index contributed by atoms with van der Waals surface area (Å²) >= 11 is 3.36. The predicted octanol–water partition coefficient (Wildman–Crippen LogP) is 1.75. The van der Waals surface area contributed by atoms with E-state index >= 15 is 0 Å². The first-order valence-electron chi connectivity index (χ1n) is 8.50. The number of carbonyl (C=O) groups is 4. The maximum atomic E-state index is 13.2. The largest absolute Gasteiger partial charge is 0.468 e. The van der Waals surface area contributed by atoms with Gasteiger partial charge in [-0.05, 0) is 23.8 Å². The highest BCUT2D eigenvalue weighted by Crippen LogP contribution is 2.48. The van der Waals surface area contributed by atoms with Gasteiger partial charge in [-0.3, -0.25) is 24.5 Å². The van der Waals surface area contributed by atoms with Gasteiger partial charge in [0, 0.05) is 22.1 Å². The zero-order chi connectivity index (χ0) is 20.1. The number of hydrogen-bond acceptors (Lipinski definition) is 5. The van der Waals surface area contributed by atoms with E-state index in [9.17, 15) is 19.2 Å². The van der Waals surface area contributed by atoms with Crippen LogP contribution < -0.4 is 5.32 Å². The van der Waals surface area contributed by atoms with Crippen LogP contribution in [0, 0.1) is 5.92 Å². The van der Waals surface area contributed by atoms with Crippen molar-refractivity contribution in [3.63, 3.8) is 0 Å². The van der Waals surface area contributed by atoms with E-state index in [4.69, 9.17) is 4.74 Å². The van der Waals surface area contributed by atoms with Crippen LogP contribution in [0.4, 0.5) is 0 Å². The molecule has 2 aliphatic heterocycles. The summed E-state index contributed by atoms with van der Waals surface area (Å²) in [5, 5.41) is 2.22. The molecule has 2 aliphatic rings. The van der Waals surface area contributed by atoms with Crippen molar-refractivity contribution in [2.45, 2.75) is 12.1 Å². The van der Waals surface area contributed by atoms with Crippen molar-refractivity contribution < 1.29 is 23.9 Å². The fourth-order valence-electron chi connectivity index (χ4n) is 3.97. The first-order chi connectivity index (χ1) is 13.4. The topological polar surface area (TPSA) is 92.8 Å². The molecule has 2 unspecified atom stereocenters. The Balaban J connectivity index is 1.92. The van der Waals surface area contributed by atoms with Crippen LogP contribution in [-0.4, -0.2) is 35.7 Å². The number of ether oxygens (including phenoxy) is 1. The van der Waals surface area contributed by atoms with Gasteiger partial charge in [0.15, 0.2) is 11.5 Å². The molecular formula is C20H15BrN2O5. The van der Waals surface area contributed by atoms with Crippen LogP contribution in [0.25, 0.3) is 0 Å². The number of fused-ring (bicyclic) bond motifs is 2. The molecule has 1 saturated heterocycles. The van der Waals surface area contributed by atoms with E-state index in [1.165, 1.54) is 4.90 Å². The Morgan fingerprint density at radius 1 is 1.14 bits per heavy atom. The highest BCUT2D eigenvalue weighted by Gasteiger charge is 2.68. The second kappa shape index (κ2) is 6.56. The summed E-state index contributed by atoms with van der Waals surface area (Å²) in [5.41, 5.74) is -0.404. The van der Waals surface area contributed by atoms with Gasteiger partial charge in [0.25, 0.3) is 11.8 Å². The van der Waals surface area contributed by atoms with Crippen molar-refractivity contribution in [2.24, 2.45) is 5.92 Å². The maximum absolute atomic E-state index is 13.2. The molecule has 0 bridgehead atoms. The molecule has 28 heavy (non-hydrogen) atoms. The molecule has 1 fully saturated rings. The molecule has 3 amide bonds. The summed E-state index contributed by atoms with van der Waals surface area (Å²) in [6.07, 6.45) is 0. The number of nitrogens with zero attached hydrogens (tertiary/aromatic N) is 1. The number of nitrogens with one attached hydrogen (secondary N) is 1. The minimum atomic E-state index is -1.77. The molecule has 0 aliphatic carbocycles. The number of amides is 3. The van der Waals surface area contributed by atoms with Gasteiger partial charge < -0.3 is 9.64 Å². The number of esters is 1. The molecule has 0 aromatic heterocycles. The Morgan fingerprint density at radius 3 is 2.50 bits per heavy atom. The molecule has 2 heterocycles. The Kier molecular flexibility index (Phi) is 4.30. The van der Waals surface area contributed by atoms with Crippen molar-refractivity contribution in [3.05, 3.63) is 69.7 Å². The fraction of sp³-hybridized carbons (Fsp3) is 0.200. The van der Waals surface area contributed by atoms with E-state index in [1.54, 1.807) is 36.4 Å². The monoisotopic (exact) mass is 442 g/mol. The lowest BCUT2D eigenvalue weighted by Gasteiger charge is -2.36. The smallest absolute Gasteiger partial charge is 0.321 e. The number of halogens is 1. The molecule has 1 spiro atoms. The molecule has 0 radical (unpaired) electrons. The third kappa shape index (κ3) is 2.41. The number of carbonyl (C=O) groups excluding carboxylic acids is 4. The summed E-state index contributed by atoms with van der Waals surface area (Å²) in [4.78, 5) is 52.6. The highest BCUT2D eigenvalue weighted by atomic mass is 79.9. The van der Waals surface area contributed by atoms with Crippen LogP contribution in [0.2, 0.25) is 0 Å². The number of hydrogen-bond donors (Lipinski definition) is 1. The number of imide groups is 1. The standard InChI is InChI=1S/C20H15BrN2O5/c1-28-18(26)15-16(24)22-19(27)20(15)14-5-3-2-4-13(14)17(25)23(20)10-11-6-8-12(21)9-7-11/h2-9,15H,10H2,1H3,(H,22,24,27). The van der Waals surface area contributed by atoms with Crippen LogP contribution in [0.5, 0.6) is 0 Å². The average molecular weight is 443 g/mol. The zero-order valence-corrected chi connectivity index (χ0v) is 16.4. The first kappa shape index (κ1) is 18.4. The SMILES string of the molecule is COC(=O)C1C(=O)NC(=O)C12c1ccccc1C(=O)N2Cc1ccc(Br)cc1. The number of methoxy groups -OCH3 is 1. The van der Waals surface area contributed by atoms with Crippen LogP contribution in [-0.2, 0) is 31.2 Å². The summed E-state index contributed by atoms with van der Waals surface area (Å²) < 4.78 is 5.67. The van der Waals surface area contributed by atoms with Crippen LogP contribution in [0.15, 0.2) is 53.0 Å². The van der Waals surface area contributed by atoms with Crippen molar-refractivity contribution >= 4 is 39.6 Å². The van der Waals surface area contributed by atoms with Crippen molar-refractivity contribution in [1.29, 1.82) is 0 Å². The second-order valence-corrected chi connectivity index (χ2v) is 7.52. The molecule has 7 nitrogen and oxygen atoms in total. The third-order valence-electron chi connectivity index (χ3n) is 5.19. The van der Waals surface area contributed by atoms with E-state index in [0.29, 0.717) is 11.1 Å². The zero-order valence-electron chi connectivity index (χ0n) is 14.8. The fourth-order valence-corrected chi connectivity index (χ4v) is 4.24. The van der Waals surface area contributed by atoms with E-state index in [1.807, 2.05) is 12.1 Å². The van der Waals surface area contributed by atoms with Gasteiger partial charge in [-0.1, -0.05) is 46.3 Å². The predicted molar refractivity (Wildman–Crippen MR) is 101 cm³/mol. The van der Waals surface area contributed by atoms with E-state index in [0.717, 1.165) is 17.1 Å². The van der Waals surface area contributed by atoms with Crippen LogP contribution >= 0.6 is 15.9 Å². The summed E-state index contributed by atoms with van der Waals surface area (Å²) in [7, 11) is 1.15. The lowest BCUT2D eigenvalue weighted by Crippen LogP contribution is -2.54. The Morgan fingerprint density at radius 2 is 1.82 bits per heavy atom.